The van der Waals surface area contributed by atoms with Crippen LogP contribution >= 0.6 is 0 Å². The van der Waals surface area contributed by atoms with Crippen LogP contribution in [0.1, 0.15) is 38.3 Å². The molecule has 1 aliphatic heterocycles. The number of aliphatic hydroxyl groups excluding tert-OH is 1. The zero-order valence-electron chi connectivity index (χ0n) is 11.6. The van der Waals surface area contributed by atoms with Gasteiger partial charge in [0.05, 0.1) is 12.1 Å². The lowest BCUT2D eigenvalue weighted by atomic mass is 10.0. The van der Waals surface area contributed by atoms with Gasteiger partial charge in [0.1, 0.15) is 0 Å². The summed E-state index contributed by atoms with van der Waals surface area (Å²) in [6, 6.07) is 9.13. The molecule has 0 saturated heterocycles. The first-order valence-electron chi connectivity index (χ1n) is 6.86. The van der Waals surface area contributed by atoms with Crippen molar-refractivity contribution >= 4 is 5.69 Å². The summed E-state index contributed by atoms with van der Waals surface area (Å²) in [5.74, 6) is 0. The van der Waals surface area contributed by atoms with Crippen LogP contribution in [-0.2, 0) is 0 Å². The lowest BCUT2D eigenvalue weighted by Crippen LogP contribution is -2.41. The third kappa shape index (κ3) is 2.52. The smallest absolute Gasteiger partial charge is 0.0712 e. The number of hydrogen-bond donors (Lipinski definition) is 2. The average Bonchev–Trinajstić information content (AvgIpc) is 2.56. The van der Waals surface area contributed by atoms with Crippen molar-refractivity contribution in [3.05, 3.63) is 29.8 Å². The third-order valence-electron chi connectivity index (χ3n) is 4.05. The monoisotopic (exact) mass is 248 g/mol. The first-order valence-corrected chi connectivity index (χ1v) is 6.86. The van der Waals surface area contributed by atoms with E-state index in [0.717, 1.165) is 19.4 Å². The van der Waals surface area contributed by atoms with Crippen LogP contribution in [0.15, 0.2) is 24.3 Å². The van der Waals surface area contributed by atoms with Gasteiger partial charge in [0.15, 0.2) is 0 Å². The molecule has 0 spiro atoms. The van der Waals surface area contributed by atoms with Gasteiger partial charge in [0.2, 0.25) is 0 Å². The van der Waals surface area contributed by atoms with Crippen LogP contribution in [0.2, 0.25) is 0 Å². The Kier molecular flexibility index (Phi) is 4.25. The third-order valence-corrected chi connectivity index (χ3v) is 4.05. The van der Waals surface area contributed by atoms with Crippen LogP contribution in [0, 0.1) is 0 Å². The SMILES string of the molecule is CNC1CCCN(C(C)C(C)O)c2ccccc21. The molecule has 2 N–H and O–H groups in total. The van der Waals surface area contributed by atoms with Gasteiger partial charge in [-0.25, -0.2) is 0 Å². The number of para-hydroxylation sites is 1. The highest BCUT2D eigenvalue weighted by atomic mass is 16.3. The Morgan fingerprint density at radius 1 is 1.33 bits per heavy atom. The average molecular weight is 248 g/mol. The predicted molar refractivity (Wildman–Crippen MR) is 76.0 cm³/mol. The van der Waals surface area contributed by atoms with Gasteiger partial charge in [-0.05, 0) is 45.4 Å². The minimum Gasteiger partial charge on any atom is -0.391 e. The molecule has 2 rings (SSSR count). The predicted octanol–water partition coefficient (Wildman–Crippen LogP) is 2.32. The van der Waals surface area contributed by atoms with E-state index in [1.54, 1.807) is 0 Å². The highest BCUT2D eigenvalue weighted by molar-refractivity contribution is 5.56. The summed E-state index contributed by atoms with van der Waals surface area (Å²) in [7, 11) is 2.02. The summed E-state index contributed by atoms with van der Waals surface area (Å²) in [5.41, 5.74) is 2.62. The number of rotatable bonds is 3. The van der Waals surface area contributed by atoms with E-state index in [9.17, 15) is 5.11 Å². The molecule has 18 heavy (non-hydrogen) atoms. The van der Waals surface area contributed by atoms with Gasteiger partial charge in [-0.3, -0.25) is 0 Å². The van der Waals surface area contributed by atoms with E-state index in [1.165, 1.54) is 11.3 Å². The van der Waals surface area contributed by atoms with E-state index in [4.69, 9.17) is 0 Å². The molecule has 1 aliphatic rings. The number of benzene rings is 1. The Morgan fingerprint density at radius 3 is 2.72 bits per heavy atom. The van der Waals surface area contributed by atoms with E-state index in [-0.39, 0.29) is 12.1 Å². The summed E-state index contributed by atoms with van der Waals surface area (Å²) in [6.45, 7) is 4.98. The quantitative estimate of drug-likeness (QED) is 0.861. The molecule has 100 valence electrons. The summed E-state index contributed by atoms with van der Waals surface area (Å²) in [6.07, 6.45) is 1.98. The molecule has 0 radical (unpaired) electrons. The molecule has 3 heteroatoms. The van der Waals surface area contributed by atoms with Crippen molar-refractivity contribution in [2.24, 2.45) is 0 Å². The van der Waals surface area contributed by atoms with Crippen molar-refractivity contribution < 1.29 is 5.11 Å². The van der Waals surface area contributed by atoms with E-state index in [1.807, 2.05) is 14.0 Å². The van der Waals surface area contributed by atoms with Gasteiger partial charge in [0, 0.05) is 18.3 Å². The fourth-order valence-corrected chi connectivity index (χ4v) is 2.77. The number of anilines is 1. The van der Waals surface area contributed by atoms with Gasteiger partial charge < -0.3 is 15.3 Å². The van der Waals surface area contributed by atoms with Crippen molar-refractivity contribution in [3.63, 3.8) is 0 Å². The maximum atomic E-state index is 9.86. The zero-order chi connectivity index (χ0) is 13.1. The Labute approximate surface area is 110 Å². The minimum atomic E-state index is -0.316. The second-order valence-corrected chi connectivity index (χ2v) is 5.22. The number of nitrogens with one attached hydrogen (secondary N) is 1. The maximum Gasteiger partial charge on any atom is 0.0712 e. The molecule has 0 fully saturated rings. The molecule has 0 saturated carbocycles. The van der Waals surface area contributed by atoms with Crippen molar-refractivity contribution in [1.29, 1.82) is 0 Å². The topological polar surface area (TPSA) is 35.5 Å². The van der Waals surface area contributed by atoms with Crippen molar-refractivity contribution in [1.82, 2.24) is 5.32 Å². The van der Waals surface area contributed by atoms with Crippen molar-refractivity contribution in [2.75, 3.05) is 18.5 Å². The van der Waals surface area contributed by atoms with E-state index in [2.05, 4.69) is 41.4 Å². The van der Waals surface area contributed by atoms with E-state index < -0.39 is 0 Å². The normalized spacial score (nSPS) is 23.1. The number of fused-ring (bicyclic) bond motifs is 1. The molecule has 3 unspecified atom stereocenters. The standard InChI is InChI=1S/C15H24N2O/c1-11(12(2)18)17-10-6-8-14(16-3)13-7-4-5-9-15(13)17/h4-5,7,9,11-12,14,16,18H,6,8,10H2,1-3H3. The van der Waals surface area contributed by atoms with Gasteiger partial charge >= 0.3 is 0 Å². The molecule has 0 bridgehead atoms. The first-order chi connectivity index (χ1) is 8.65. The molecule has 3 atom stereocenters. The Morgan fingerprint density at radius 2 is 2.06 bits per heavy atom. The summed E-state index contributed by atoms with van der Waals surface area (Å²) >= 11 is 0. The van der Waals surface area contributed by atoms with Crippen LogP contribution in [-0.4, -0.2) is 30.8 Å². The van der Waals surface area contributed by atoms with E-state index in [0.29, 0.717) is 6.04 Å². The van der Waals surface area contributed by atoms with Gasteiger partial charge in [-0.2, -0.15) is 0 Å². The number of aliphatic hydroxyl groups is 1. The van der Waals surface area contributed by atoms with E-state index >= 15 is 0 Å². The molecule has 3 nitrogen and oxygen atoms in total. The molecule has 1 aromatic rings. The highest BCUT2D eigenvalue weighted by Crippen LogP contribution is 2.34. The lowest BCUT2D eigenvalue weighted by Gasteiger charge is -2.33. The van der Waals surface area contributed by atoms with Crippen LogP contribution in [0.4, 0.5) is 5.69 Å². The zero-order valence-corrected chi connectivity index (χ0v) is 11.6. The Hall–Kier alpha value is -1.06. The van der Waals surface area contributed by atoms with Crippen molar-refractivity contribution in [2.45, 2.75) is 44.9 Å². The Bertz CT molecular complexity index is 392. The summed E-state index contributed by atoms with van der Waals surface area (Å²) < 4.78 is 0. The molecule has 0 aromatic heterocycles. The second kappa shape index (κ2) is 5.72. The van der Waals surface area contributed by atoms with Gasteiger partial charge in [0.25, 0.3) is 0 Å². The van der Waals surface area contributed by atoms with Crippen LogP contribution in [0.25, 0.3) is 0 Å². The summed E-state index contributed by atoms with van der Waals surface area (Å²) in [5, 5.41) is 13.3. The highest BCUT2D eigenvalue weighted by Gasteiger charge is 2.26. The lowest BCUT2D eigenvalue weighted by molar-refractivity contribution is 0.165. The van der Waals surface area contributed by atoms with Crippen LogP contribution < -0.4 is 10.2 Å². The second-order valence-electron chi connectivity index (χ2n) is 5.22. The molecule has 1 aromatic carbocycles. The minimum absolute atomic E-state index is 0.154. The molecule has 0 amide bonds. The fraction of sp³-hybridized carbons (Fsp3) is 0.600. The van der Waals surface area contributed by atoms with Gasteiger partial charge in [-0.15, -0.1) is 0 Å². The Balaban J connectivity index is 2.38. The van der Waals surface area contributed by atoms with Gasteiger partial charge in [-0.1, -0.05) is 18.2 Å². The number of hydrogen-bond acceptors (Lipinski definition) is 3. The molecule has 1 heterocycles. The van der Waals surface area contributed by atoms with Crippen LogP contribution in [0.3, 0.4) is 0 Å². The molecular weight excluding hydrogens is 224 g/mol. The first kappa shape index (κ1) is 13.4. The molecule has 0 aliphatic carbocycles. The molecular formula is C15H24N2O. The van der Waals surface area contributed by atoms with Crippen molar-refractivity contribution in [3.8, 4) is 0 Å². The largest absolute Gasteiger partial charge is 0.391 e. The summed E-state index contributed by atoms with van der Waals surface area (Å²) in [4.78, 5) is 2.34. The maximum absolute atomic E-state index is 9.86. The fourth-order valence-electron chi connectivity index (χ4n) is 2.77. The van der Waals surface area contributed by atoms with Crippen LogP contribution in [0.5, 0.6) is 0 Å². The number of nitrogens with zero attached hydrogens (tertiary/aromatic N) is 1.